The molecule has 0 aliphatic heterocycles. The van der Waals surface area contributed by atoms with Gasteiger partial charge in [0.1, 0.15) is 33.5 Å². The molecule has 3 nitrogen and oxygen atoms in total. The highest BCUT2D eigenvalue weighted by molar-refractivity contribution is 6.31. The maximum atomic E-state index is 9.54. The molecule has 0 atom stereocenters. The van der Waals surface area contributed by atoms with Gasteiger partial charge < -0.3 is 13.3 Å². The highest BCUT2D eigenvalue weighted by Gasteiger charge is 2.40. The number of benzene rings is 27. The van der Waals surface area contributed by atoms with Crippen molar-refractivity contribution in [2.24, 2.45) is 0 Å². The van der Waals surface area contributed by atoms with E-state index in [0.29, 0.717) is 116 Å². The van der Waals surface area contributed by atoms with Crippen molar-refractivity contribution in [1.82, 2.24) is 0 Å². The van der Waals surface area contributed by atoms with Crippen LogP contribution in [0, 0.1) is 0 Å². The normalized spacial score (nSPS) is 15.2. The molecule has 2 aliphatic rings. The average Bonchev–Trinajstić information content (AvgIpc) is 1.68. The Hall–Kier alpha value is -18.8. The lowest BCUT2D eigenvalue weighted by atomic mass is 9.80. The van der Waals surface area contributed by atoms with Gasteiger partial charge in [-0.25, -0.2) is 0 Å². The average molecular weight is 1920 g/mol. The summed E-state index contributed by atoms with van der Waals surface area (Å²) in [6, 6.07) is 107. The van der Waals surface area contributed by atoms with E-state index in [2.05, 4.69) is 119 Å². The zero-order chi connectivity index (χ0) is 119. The van der Waals surface area contributed by atoms with Crippen LogP contribution in [0.15, 0.2) is 510 Å². The van der Waals surface area contributed by atoms with Crippen LogP contribution in [-0.2, 0) is 10.8 Å². The Morgan fingerprint density at radius 3 is 0.805 bits per heavy atom. The highest BCUT2D eigenvalue weighted by Crippen LogP contribution is 2.59. The Balaban J connectivity index is 0.000000114. The van der Waals surface area contributed by atoms with E-state index in [-0.39, 0.29) is 143 Å². The van der Waals surface area contributed by atoms with Crippen LogP contribution in [0.3, 0.4) is 0 Å². The van der Waals surface area contributed by atoms with Gasteiger partial charge in [0, 0.05) is 43.1 Å². The Labute approximate surface area is 894 Å². The van der Waals surface area contributed by atoms with Gasteiger partial charge in [0.05, 0.1) is 32.9 Å². The van der Waals surface area contributed by atoms with E-state index in [4.69, 9.17) is 29.7 Å². The van der Waals surface area contributed by atoms with Crippen LogP contribution >= 0.6 is 0 Å². The first-order chi connectivity index (χ1) is 83.4. The minimum atomic E-state index is -0.440. The summed E-state index contributed by atoms with van der Waals surface area (Å²) in [6.07, 6.45) is 0. The van der Waals surface area contributed by atoms with Crippen molar-refractivity contribution in [2.45, 2.75) is 38.5 Å². The lowest BCUT2D eigenvalue weighted by Crippen LogP contribution is -2.14. The lowest BCUT2D eigenvalue weighted by Gasteiger charge is -2.22. The molecule has 0 bridgehead atoms. The predicted octanol–water partition coefficient (Wildman–Crippen LogP) is 41.4. The van der Waals surface area contributed by atoms with Crippen LogP contribution in [0.5, 0.6) is 0 Å². The van der Waals surface area contributed by atoms with Crippen LogP contribution in [-0.4, -0.2) is 0 Å². The van der Waals surface area contributed by atoms with Crippen molar-refractivity contribution in [3.05, 3.63) is 519 Å². The van der Waals surface area contributed by atoms with Crippen LogP contribution in [0.25, 0.3) is 296 Å². The molecule has 0 unspecified atom stereocenters. The molecular formula is C146H94O3. The number of furan rings is 3. The predicted molar refractivity (Wildman–Crippen MR) is 632 cm³/mol. The number of fused-ring (bicyclic) bond motifs is 27. The molecule has 0 amide bonds. The van der Waals surface area contributed by atoms with Gasteiger partial charge in [-0.1, -0.05) is 458 Å². The van der Waals surface area contributed by atoms with Crippen molar-refractivity contribution in [1.29, 1.82) is 0 Å². The molecule has 149 heavy (non-hydrogen) atoms. The maximum absolute atomic E-state index is 9.54. The Morgan fingerprint density at radius 1 is 0.154 bits per heavy atom. The zero-order valence-corrected chi connectivity index (χ0v) is 80.7. The first kappa shape index (κ1) is 64.8. The summed E-state index contributed by atoms with van der Waals surface area (Å²) in [4.78, 5) is 0. The van der Waals surface area contributed by atoms with E-state index >= 15 is 0 Å². The van der Waals surface area contributed by atoms with Gasteiger partial charge in [-0.2, -0.15) is 0 Å². The van der Waals surface area contributed by atoms with Crippen molar-refractivity contribution < 1.29 is 46.1 Å². The fourth-order valence-electron chi connectivity index (χ4n) is 24.5. The summed E-state index contributed by atoms with van der Waals surface area (Å²) in [5.74, 6) is 0. The van der Waals surface area contributed by atoms with Crippen LogP contribution < -0.4 is 0 Å². The largest absolute Gasteiger partial charge is 0.456 e. The van der Waals surface area contributed by atoms with Crippen molar-refractivity contribution in [3.63, 3.8) is 0 Å². The number of hydrogen-bond acceptors (Lipinski definition) is 3. The molecule has 32 rings (SSSR count). The molecule has 30 aromatic rings. The van der Waals surface area contributed by atoms with Gasteiger partial charge in [-0.15, -0.1) is 0 Å². The van der Waals surface area contributed by atoms with E-state index in [0.717, 1.165) is 115 Å². The quantitative estimate of drug-likeness (QED) is 0.112. The fraction of sp³-hybridized carbons (Fsp3) is 0.0411. The van der Waals surface area contributed by atoms with E-state index in [9.17, 15) is 16.4 Å². The van der Waals surface area contributed by atoms with Gasteiger partial charge in [-0.3, -0.25) is 0 Å². The summed E-state index contributed by atoms with van der Waals surface area (Å²) < 4.78 is 241. The van der Waals surface area contributed by atoms with E-state index in [1.165, 1.54) is 22.3 Å². The third-order valence-corrected chi connectivity index (χ3v) is 31.2. The minimum Gasteiger partial charge on any atom is -0.456 e. The molecule has 3 heteroatoms. The van der Waals surface area contributed by atoms with Crippen LogP contribution in [0.1, 0.15) is 82.8 Å². The molecule has 3 aromatic heterocycles. The molecule has 27 aromatic carbocycles. The van der Waals surface area contributed by atoms with Gasteiger partial charge in [0.15, 0.2) is 0 Å². The summed E-state index contributed by atoms with van der Waals surface area (Å²) in [5, 5.41) is 16.3. The topological polar surface area (TPSA) is 39.4 Å². The zero-order valence-electron chi connectivity index (χ0n) is 105. The van der Waals surface area contributed by atoms with Crippen molar-refractivity contribution in [3.8, 4) is 111 Å². The Morgan fingerprint density at radius 2 is 0.423 bits per heavy atom. The van der Waals surface area contributed by atoms with Crippen molar-refractivity contribution in [2.75, 3.05) is 0 Å². The summed E-state index contributed by atoms with van der Waals surface area (Å²) >= 11 is 0. The smallest absolute Gasteiger partial charge is 0.136 e. The van der Waals surface area contributed by atoms with E-state index < -0.39 is 77.9 Å². The standard InChI is InChI=1S/C51H34O.C50H30O.C45H30O/c1-51(2)43-22-10-9-19-40(43)49-35(20-11-23-44(49)51)31-25-27-32(28-26-31)47-36-15-5-7-17-38(36)48(39-18-8-6-16-37(39)47)41-21-12-24-45-50(41)42-29-33-13-3-4-14-34(33)30-46(42)52-45;1-2-11-31(12-3-1)34-23-25-38-35(27-34)21-22-36-28-37(24-26-39(36)38)48-40-15-6-8-17-42(40)49(43-18-9-7-16-41(43)48)44-19-10-20-46-50(44)45-29-32-13-4-5-14-33(32)30-47(45)51-46;1-45(2)37-22-10-9-19-33(37)43-34(20-11-23-38(43)45)41-29-15-5-7-17-31(29)42(32-18-8-6-16-30(32)41)35-21-12-24-39-44(35)36-25-27-13-3-4-14-28(27)26-40(36)46-39/h3-30H,1-2H3;1-30H;3-26H,1-2H3/i5D,6D,7D,8D,15D,16D,17D,18D;6D,7D,8D,9D,15D,16D,17D,18D;5D,6D,7D,8D,15D,16D,17D,18D. The Kier molecular flexibility index (Phi) is 14.5. The second kappa shape index (κ2) is 33.4. The molecule has 696 valence electrons. The van der Waals surface area contributed by atoms with E-state index in [1.807, 2.05) is 249 Å². The Bertz CT molecular complexity index is 12300. The van der Waals surface area contributed by atoms with E-state index in [1.54, 1.807) is 12.1 Å². The molecular weight excluding hydrogens is 1800 g/mol. The van der Waals surface area contributed by atoms with Gasteiger partial charge in [-0.05, 0) is 319 Å². The first-order valence-corrected chi connectivity index (χ1v) is 49.9. The van der Waals surface area contributed by atoms with Crippen LogP contribution in [0.2, 0.25) is 0 Å². The van der Waals surface area contributed by atoms with Gasteiger partial charge >= 0.3 is 0 Å². The number of hydrogen-bond donors (Lipinski definition) is 0. The molecule has 0 spiro atoms. The molecule has 0 radical (unpaired) electrons. The summed E-state index contributed by atoms with van der Waals surface area (Å²) in [7, 11) is 0. The van der Waals surface area contributed by atoms with Gasteiger partial charge in [0.25, 0.3) is 0 Å². The second-order valence-electron chi connectivity index (χ2n) is 39.9. The lowest BCUT2D eigenvalue weighted by molar-refractivity contribution is 0.660. The highest BCUT2D eigenvalue weighted by atomic mass is 16.3. The fourth-order valence-corrected chi connectivity index (χ4v) is 24.5. The van der Waals surface area contributed by atoms with Crippen LogP contribution in [0.4, 0.5) is 0 Å². The monoisotopic (exact) mass is 1920 g/mol. The third-order valence-electron chi connectivity index (χ3n) is 31.2. The summed E-state index contributed by atoms with van der Waals surface area (Å²) in [6.45, 7) is 8.78. The molecule has 0 saturated heterocycles. The maximum Gasteiger partial charge on any atom is 0.136 e. The first-order valence-electron chi connectivity index (χ1n) is 61.9. The van der Waals surface area contributed by atoms with Crippen molar-refractivity contribution >= 4 is 184 Å². The molecule has 2 aliphatic carbocycles. The minimum absolute atomic E-state index is 0.165. The molecule has 0 fully saturated rings. The van der Waals surface area contributed by atoms with Gasteiger partial charge in [0.2, 0.25) is 0 Å². The molecule has 0 saturated carbocycles. The third kappa shape index (κ3) is 13.3. The SMILES string of the molecule is [2H]c1c([2H])c([2H])c2c(-c3cccc4oc5cc6ccccc6cc5c34)c3c([2H])c([2H])c([2H])c([2H])c3c(-c3ccc(-c4cccc5c4-c4ccccc4C5(C)C)cc3)c2c1[2H].[2H]c1c([2H])c([2H])c2c(-c3cccc4oc5cc6ccccc6cc5c34)c3c([2H])c([2H])c([2H])c([2H])c3c(-c3ccc4c(ccc5cc(-c6ccccc6)ccc54)c3)c2c1[2H].[2H]c1c([2H])c([2H])c2c(-c3cccc4oc5cc6ccccc6cc5c34)c3c([2H])c([2H])c([2H])c([2H])c3c(-c3cccc4c3-c3ccccc3C4(C)C)c2c1[2H]. The molecule has 3 heterocycles. The number of rotatable bonds is 8. The molecule has 0 N–H and O–H groups in total. The summed E-state index contributed by atoms with van der Waals surface area (Å²) in [5.41, 5.74) is 21.2. The second-order valence-corrected chi connectivity index (χ2v) is 39.9.